The third-order valence-corrected chi connectivity index (χ3v) is 5.42. The van der Waals surface area contributed by atoms with Crippen molar-refractivity contribution < 1.29 is 24.5 Å². The van der Waals surface area contributed by atoms with Crippen molar-refractivity contribution in [3.8, 4) is 16.9 Å². The van der Waals surface area contributed by atoms with Gasteiger partial charge in [0.25, 0.3) is 0 Å². The fourth-order valence-corrected chi connectivity index (χ4v) is 4.08. The topological polar surface area (TPSA) is 122 Å². The molecule has 0 aliphatic carbocycles. The van der Waals surface area contributed by atoms with E-state index in [1.807, 2.05) is 36.6 Å². The Morgan fingerprint density at radius 3 is 2.32 bits per heavy atom. The maximum Gasteiger partial charge on any atom is 0.335 e. The molecule has 0 atom stereocenters. The number of carboxylic acid groups (broad SMARTS) is 2. The minimum atomic E-state index is -1.22. The molecule has 4 aromatic rings. The Labute approximate surface area is 180 Å². The number of hydrogen-bond acceptors (Lipinski definition) is 7. The minimum absolute atomic E-state index is 0.134. The summed E-state index contributed by atoms with van der Waals surface area (Å²) in [6.45, 7) is 2.50. The van der Waals surface area contributed by atoms with Crippen LogP contribution in [0.15, 0.2) is 54.2 Å². The molecule has 8 nitrogen and oxygen atoms in total. The average Bonchev–Trinajstić information content (AvgIpc) is 3.19. The van der Waals surface area contributed by atoms with E-state index in [0.717, 1.165) is 33.2 Å². The van der Waals surface area contributed by atoms with E-state index in [4.69, 9.17) is 4.74 Å². The number of aromatic carboxylic acids is 2. The Bertz CT molecular complexity index is 1250. The monoisotopic (exact) mass is 435 g/mol. The quantitative estimate of drug-likeness (QED) is 0.375. The highest BCUT2D eigenvalue weighted by Crippen LogP contribution is 2.38. The maximum absolute atomic E-state index is 11.4. The number of rotatable bonds is 7. The number of nitrogens with zero attached hydrogens (tertiary/aromatic N) is 2. The molecule has 0 saturated heterocycles. The Morgan fingerprint density at radius 1 is 1.03 bits per heavy atom. The number of ether oxygens (including phenoxy) is 1. The first kappa shape index (κ1) is 20.3. The minimum Gasteiger partial charge on any atom is -0.494 e. The predicted octanol–water partition coefficient (Wildman–Crippen LogP) is 4.90. The lowest BCUT2D eigenvalue weighted by Gasteiger charge is -2.11. The van der Waals surface area contributed by atoms with Crippen LogP contribution in [0.5, 0.6) is 5.75 Å². The molecule has 2 aromatic heterocycles. The summed E-state index contributed by atoms with van der Waals surface area (Å²) >= 11 is 1.45. The largest absolute Gasteiger partial charge is 0.494 e. The van der Waals surface area contributed by atoms with Gasteiger partial charge in [0.2, 0.25) is 0 Å². The summed E-state index contributed by atoms with van der Waals surface area (Å²) in [4.78, 5) is 32.2. The number of anilines is 2. The Hall–Kier alpha value is -3.98. The summed E-state index contributed by atoms with van der Waals surface area (Å²) < 4.78 is 5.50. The van der Waals surface area contributed by atoms with Crippen molar-refractivity contribution in [2.75, 3.05) is 11.9 Å². The van der Waals surface area contributed by atoms with Gasteiger partial charge < -0.3 is 20.3 Å². The lowest BCUT2D eigenvalue weighted by Crippen LogP contribution is -2.05. The molecule has 0 amide bonds. The molecule has 0 aliphatic rings. The van der Waals surface area contributed by atoms with Gasteiger partial charge in [0.1, 0.15) is 22.7 Å². The summed E-state index contributed by atoms with van der Waals surface area (Å²) in [5.74, 6) is -1.21. The van der Waals surface area contributed by atoms with Crippen molar-refractivity contribution in [2.24, 2.45) is 0 Å². The molecule has 0 saturated carbocycles. The number of thiophene rings is 1. The van der Waals surface area contributed by atoms with E-state index in [1.165, 1.54) is 29.8 Å². The van der Waals surface area contributed by atoms with Crippen LogP contribution < -0.4 is 10.1 Å². The second-order valence-electron chi connectivity index (χ2n) is 6.54. The van der Waals surface area contributed by atoms with Gasteiger partial charge in [0.15, 0.2) is 0 Å². The van der Waals surface area contributed by atoms with Crippen molar-refractivity contribution in [1.82, 2.24) is 9.97 Å². The lowest BCUT2D eigenvalue weighted by atomic mass is 10.1. The highest BCUT2D eigenvalue weighted by molar-refractivity contribution is 7.17. The zero-order chi connectivity index (χ0) is 22.0. The summed E-state index contributed by atoms with van der Waals surface area (Å²) in [6, 6.07) is 11.5. The van der Waals surface area contributed by atoms with Crippen LogP contribution in [0.25, 0.3) is 21.3 Å². The van der Waals surface area contributed by atoms with E-state index in [-0.39, 0.29) is 11.1 Å². The van der Waals surface area contributed by atoms with Gasteiger partial charge in [-0.15, -0.1) is 11.3 Å². The Balaban J connectivity index is 1.78. The van der Waals surface area contributed by atoms with Crippen LogP contribution in [-0.2, 0) is 0 Å². The molecule has 3 N–H and O–H groups in total. The van der Waals surface area contributed by atoms with E-state index in [2.05, 4.69) is 15.3 Å². The first-order valence-corrected chi connectivity index (χ1v) is 10.2. The molecule has 0 fully saturated rings. The van der Waals surface area contributed by atoms with Crippen LogP contribution in [0.2, 0.25) is 0 Å². The molecule has 0 bridgehead atoms. The highest BCUT2D eigenvalue weighted by Gasteiger charge is 2.16. The molecular weight excluding hydrogens is 418 g/mol. The second kappa shape index (κ2) is 8.41. The fraction of sp³-hybridized carbons (Fsp3) is 0.0909. The van der Waals surface area contributed by atoms with Gasteiger partial charge in [-0.3, -0.25) is 0 Å². The smallest absolute Gasteiger partial charge is 0.335 e. The third-order valence-electron chi connectivity index (χ3n) is 4.54. The molecule has 0 unspecified atom stereocenters. The van der Waals surface area contributed by atoms with Crippen LogP contribution in [-0.4, -0.2) is 38.7 Å². The zero-order valence-electron chi connectivity index (χ0n) is 16.3. The van der Waals surface area contributed by atoms with E-state index >= 15 is 0 Å². The van der Waals surface area contributed by atoms with E-state index in [9.17, 15) is 19.8 Å². The summed E-state index contributed by atoms with van der Waals surface area (Å²) in [5, 5.41) is 24.4. The highest BCUT2D eigenvalue weighted by atomic mass is 32.1. The lowest BCUT2D eigenvalue weighted by molar-refractivity contribution is 0.0696. The molecule has 4 rings (SSSR count). The van der Waals surface area contributed by atoms with E-state index in [0.29, 0.717) is 18.1 Å². The number of hydrogen-bond donors (Lipinski definition) is 3. The van der Waals surface area contributed by atoms with Gasteiger partial charge in [-0.2, -0.15) is 0 Å². The number of aromatic nitrogens is 2. The van der Waals surface area contributed by atoms with Crippen LogP contribution in [0.1, 0.15) is 27.6 Å². The van der Waals surface area contributed by atoms with E-state index in [1.54, 1.807) is 0 Å². The molecule has 156 valence electrons. The fourth-order valence-electron chi connectivity index (χ4n) is 3.16. The van der Waals surface area contributed by atoms with Crippen LogP contribution in [0.4, 0.5) is 11.5 Å². The van der Waals surface area contributed by atoms with Crippen molar-refractivity contribution in [3.05, 3.63) is 65.3 Å². The van der Waals surface area contributed by atoms with Gasteiger partial charge in [0.05, 0.1) is 23.1 Å². The van der Waals surface area contributed by atoms with Crippen molar-refractivity contribution in [3.63, 3.8) is 0 Å². The van der Waals surface area contributed by atoms with Crippen LogP contribution in [0.3, 0.4) is 0 Å². The van der Waals surface area contributed by atoms with Crippen LogP contribution in [0, 0.1) is 0 Å². The van der Waals surface area contributed by atoms with Crippen molar-refractivity contribution in [2.45, 2.75) is 6.92 Å². The Kier molecular flexibility index (Phi) is 5.50. The normalized spacial score (nSPS) is 10.7. The molecule has 31 heavy (non-hydrogen) atoms. The van der Waals surface area contributed by atoms with Crippen molar-refractivity contribution in [1.29, 1.82) is 0 Å². The van der Waals surface area contributed by atoms with Crippen LogP contribution >= 0.6 is 11.3 Å². The van der Waals surface area contributed by atoms with Gasteiger partial charge in [0, 0.05) is 16.6 Å². The molecule has 9 heteroatoms. The first-order valence-electron chi connectivity index (χ1n) is 9.30. The Morgan fingerprint density at radius 2 is 1.71 bits per heavy atom. The second-order valence-corrected chi connectivity index (χ2v) is 7.40. The molecule has 0 aliphatic heterocycles. The summed E-state index contributed by atoms with van der Waals surface area (Å²) in [6.07, 6.45) is 1.41. The zero-order valence-corrected chi connectivity index (χ0v) is 17.1. The number of carbonyl (C=O) groups is 2. The third kappa shape index (κ3) is 4.17. The number of nitrogens with one attached hydrogen (secondary N) is 1. The number of fused-ring (bicyclic) bond motifs is 1. The number of benzene rings is 2. The SMILES string of the molecule is CCOc1ccc(-c2csc3ncnc(Nc4cc(C(=O)O)cc(C(=O)O)c4)c23)cc1. The summed E-state index contributed by atoms with van der Waals surface area (Å²) in [7, 11) is 0. The molecule has 2 aromatic carbocycles. The molecule has 0 radical (unpaired) electrons. The van der Waals surface area contributed by atoms with Gasteiger partial charge >= 0.3 is 11.9 Å². The molecule has 2 heterocycles. The standard InChI is InChI=1S/C22H17N3O5S/c1-2-30-16-5-3-12(4-6-16)17-10-31-20-18(17)19(23-11-24-20)25-15-8-13(21(26)27)7-14(9-15)22(28)29/h3-11H,2H2,1H3,(H,26,27)(H,28,29)(H,23,24,25). The van der Waals surface area contributed by atoms with E-state index < -0.39 is 11.9 Å². The average molecular weight is 435 g/mol. The van der Waals surface area contributed by atoms with Crippen molar-refractivity contribution >= 4 is 45.0 Å². The summed E-state index contributed by atoms with van der Waals surface area (Å²) in [5.41, 5.74) is 1.88. The first-order chi connectivity index (χ1) is 15.0. The maximum atomic E-state index is 11.4. The van der Waals surface area contributed by atoms with Gasteiger partial charge in [-0.05, 0) is 42.8 Å². The van der Waals surface area contributed by atoms with Gasteiger partial charge in [-0.1, -0.05) is 12.1 Å². The molecular formula is C22H17N3O5S. The molecule has 0 spiro atoms. The van der Waals surface area contributed by atoms with Gasteiger partial charge in [-0.25, -0.2) is 19.6 Å². The predicted molar refractivity (Wildman–Crippen MR) is 118 cm³/mol. The number of carboxylic acids is 2.